The van der Waals surface area contributed by atoms with Gasteiger partial charge in [-0.15, -0.1) is 0 Å². The van der Waals surface area contributed by atoms with Crippen molar-refractivity contribution in [3.63, 3.8) is 0 Å². The maximum absolute atomic E-state index is 11.7. The van der Waals surface area contributed by atoms with Crippen LogP contribution >= 0.6 is 0 Å². The van der Waals surface area contributed by atoms with Crippen LogP contribution in [0.25, 0.3) is 0 Å². The highest BCUT2D eigenvalue weighted by Crippen LogP contribution is 2.36. The lowest BCUT2D eigenvalue weighted by Gasteiger charge is -2.34. The van der Waals surface area contributed by atoms with Gasteiger partial charge in [0, 0.05) is 6.92 Å². The lowest BCUT2D eigenvalue weighted by atomic mass is 9.81. The summed E-state index contributed by atoms with van der Waals surface area (Å²) in [6.07, 6.45) is 1.16. The number of aliphatic hydroxyl groups excluding tert-OH is 1. The number of carbonyl (C=O) groups is 1. The summed E-state index contributed by atoms with van der Waals surface area (Å²) in [7, 11) is 0. The van der Waals surface area contributed by atoms with Crippen LogP contribution in [-0.4, -0.2) is 34.5 Å². The molecule has 0 saturated heterocycles. The van der Waals surface area contributed by atoms with Crippen LogP contribution in [0.5, 0.6) is 0 Å². The van der Waals surface area contributed by atoms with Gasteiger partial charge in [-0.05, 0) is 19.9 Å². The average molecular weight is 197 g/mol. The van der Waals surface area contributed by atoms with Crippen LogP contribution in [0.4, 0.5) is 0 Å². The van der Waals surface area contributed by atoms with E-state index < -0.39 is 17.7 Å². The summed E-state index contributed by atoms with van der Waals surface area (Å²) in [5, 5.41) is 9.30. The molecule has 0 aromatic carbocycles. The van der Waals surface area contributed by atoms with Gasteiger partial charge in [0.2, 0.25) is 11.4 Å². The molecule has 1 aliphatic heterocycles. The van der Waals surface area contributed by atoms with Crippen molar-refractivity contribution in [1.29, 1.82) is 0 Å². The maximum Gasteiger partial charge on any atom is 0.219 e. The molecule has 14 heavy (non-hydrogen) atoms. The SMILES string of the molecule is C=CC(=O)C1(CO)OC(C)=NC1(C)C. The lowest BCUT2D eigenvalue weighted by Crippen LogP contribution is -2.56. The third kappa shape index (κ3) is 1.26. The molecule has 1 rings (SSSR count). The maximum atomic E-state index is 11.7. The van der Waals surface area contributed by atoms with E-state index in [0.29, 0.717) is 5.90 Å². The topological polar surface area (TPSA) is 58.9 Å². The number of aliphatic imine (C=N–C) groups is 1. The van der Waals surface area contributed by atoms with Gasteiger partial charge in [0.15, 0.2) is 5.90 Å². The van der Waals surface area contributed by atoms with Crippen molar-refractivity contribution in [1.82, 2.24) is 0 Å². The lowest BCUT2D eigenvalue weighted by molar-refractivity contribution is -0.137. The second-order valence-corrected chi connectivity index (χ2v) is 3.85. The van der Waals surface area contributed by atoms with Crippen LogP contribution in [0.3, 0.4) is 0 Å². The molecule has 4 nitrogen and oxygen atoms in total. The molecule has 0 saturated carbocycles. The van der Waals surface area contributed by atoms with Crippen LogP contribution in [-0.2, 0) is 9.53 Å². The van der Waals surface area contributed by atoms with Gasteiger partial charge in [0.05, 0.1) is 6.61 Å². The minimum absolute atomic E-state index is 0.342. The molecule has 0 radical (unpaired) electrons. The first-order chi connectivity index (χ1) is 6.39. The van der Waals surface area contributed by atoms with Gasteiger partial charge in [-0.2, -0.15) is 0 Å². The first-order valence-electron chi connectivity index (χ1n) is 4.43. The third-order valence-corrected chi connectivity index (χ3v) is 2.55. The molecule has 0 aliphatic carbocycles. The van der Waals surface area contributed by atoms with Gasteiger partial charge < -0.3 is 9.84 Å². The summed E-state index contributed by atoms with van der Waals surface area (Å²) < 4.78 is 5.35. The van der Waals surface area contributed by atoms with E-state index in [0.717, 1.165) is 6.08 Å². The van der Waals surface area contributed by atoms with Crippen molar-refractivity contribution in [2.24, 2.45) is 4.99 Å². The molecule has 78 valence electrons. The summed E-state index contributed by atoms with van der Waals surface area (Å²) >= 11 is 0. The van der Waals surface area contributed by atoms with E-state index in [1.54, 1.807) is 20.8 Å². The average Bonchev–Trinajstić information content (AvgIpc) is 2.34. The Kier molecular flexibility index (Phi) is 2.50. The Morgan fingerprint density at radius 2 is 2.29 bits per heavy atom. The van der Waals surface area contributed by atoms with Gasteiger partial charge in [-0.3, -0.25) is 4.79 Å². The Hall–Kier alpha value is -1.16. The molecule has 0 spiro atoms. The van der Waals surface area contributed by atoms with Crippen molar-refractivity contribution in [3.05, 3.63) is 12.7 Å². The predicted molar refractivity (Wildman–Crippen MR) is 53.3 cm³/mol. The van der Waals surface area contributed by atoms with E-state index in [-0.39, 0.29) is 5.78 Å². The second kappa shape index (κ2) is 3.20. The number of ketones is 1. The van der Waals surface area contributed by atoms with Gasteiger partial charge in [-0.1, -0.05) is 6.58 Å². The molecular weight excluding hydrogens is 182 g/mol. The van der Waals surface area contributed by atoms with Gasteiger partial charge >= 0.3 is 0 Å². The molecular formula is C10H15NO3. The van der Waals surface area contributed by atoms with E-state index in [2.05, 4.69) is 11.6 Å². The summed E-state index contributed by atoms with van der Waals surface area (Å²) in [5.74, 6) is 0.0739. The number of ether oxygens (including phenoxy) is 1. The van der Waals surface area contributed by atoms with E-state index in [1.165, 1.54) is 0 Å². The zero-order chi connectivity index (χ0) is 11.0. The molecule has 1 unspecified atom stereocenters. The molecule has 1 atom stereocenters. The number of hydrogen-bond donors (Lipinski definition) is 1. The number of hydrogen-bond acceptors (Lipinski definition) is 4. The van der Waals surface area contributed by atoms with Crippen molar-refractivity contribution >= 4 is 11.7 Å². The van der Waals surface area contributed by atoms with Crippen molar-refractivity contribution < 1.29 is 14.6 Å². The fraction of sp³-hybridized carbons (Fsp3) is 0.600. The Balaban J connectivity index is 3.16. The van der Waals surface area contributed by atoms with E-state index in [4.69, 9.17) is 4.74 Å². The Morgan fingerprint density at radius 1 is 1.71 bits per heavy atom. The number of aliphatic hydroxyl groups is 1. The molecule has 0 aromatic heterocycles. The molecule has 4 heteroatoms. The number of rotatable bonds is 3. The Labute approximate surface area is 83.3 Å². The van der Waals surface area contributed by atoms with E-state index >= 15 is 0 Å². The smallest absolute Gasteiger partial charge is 0.219 e. The molecule has 1 aliphatic rings. The summed E-state index contributed by atoms with van der Waals surface area (Å²) in [4.78, 5) is 15.8. The summed E-state index contributed by atoms with van der Waals surface area (Å²) in [6.45, 7) is 8.16. The third-order valence-electron chi connectivity index (χ3n) is 2.55. The van der Waals surface area contributed by atoms with Crippen LogP contribution in [0.15, 0.2) is 17.6 Å². The van der Waals surface area contributed by atoms with Gasteiger partial charge in [0.25, 0.3) is 0 Å². The highest BCUT2D eigenvalue weighted by molar-refractivity contribution is 6.01. The molecule has 1 N–H and O–H groups in total. The number of nitrogens with zero attached hydrogens (tertiary/aromatic N) is 1. The van der Waals surface area contributed by atoms with E-state index in [1.807, 2.05) is 0 Å². The van der Waals surface area contributed by atoms with Crippen LogP contribution < -0.4 is 0 Å². The number of carbonyl (C=O) groups excluding carboxylic acids is 1. The highest BCUT2D eigenvalue weighted by Gasteiger charge is 2.56. The monoisotopic (exact) mass is 197 g/mol. The highest BCUT2D eigenvalue weighted by atomic mass is 16.5. The standard InChI is InChI=1S/C10H15NO3/c1-5-8(13)10(6-12)9(3,4)11-7(2)14-10/h5,12H,1,6H2,2-4H3. The van der Waals surface area contributed by atoms with Crippen molar-refractivity contribution in [3.8, 4) is 0 Å². The molecule has 0 amide bonds. The summed E-state index contributed by atoms with van der Waals surface area (Å²) in [5.41, 5.74) is -2.05. The molecule has 0 aromatic rings. The fourth-order valence-corrected chi connectivity index (χ4v) is 1.70. The summed E-state index contributed by atoms with van der Waals surface area (Å²) in [6, 6.07) is 0. The van der Waals surface area contributed by atoms with Crippen LogP contribution in [0, 0.1) is 0 Å². The largest absolute Gasteiger partial charge is 0.462 e. The minimum atomic E-state index is -1.29. The first kappa shape index (κ1) is 10.9. The molecule has 1 heterocycles. The zero-order valence-electron chi connectivity index (χ0n) is 8.70. The van der Waals surface area contributed by atoms with E-state index in [9.17, 15) is 9.90 Å². The molecule has 0 bridgehead atoms. The zero-order valence-corrected chi connectivity index (χ0v) is 8.70. The van der Waals surface area contributed by atoms with Gasteiger partial charge in [0.1, 0.15) is 5.54 Å². The minimum Gasteiger partial charge on any atom is -0.462 e. The normalized spacial score (nSPS) is 29.3. The van der Waals surface area contributed by atoms with Crippen molar-refractivity contribution in [2.75, 3.05) is 6.61 Å². The second-order valence-electron chi connectivity index (χ2n) is 3.85. The fourth-order valence-electron chi connectivity index (χ4n) is 1.70. The van der Waals surface area contributed by atoms with Crippen LogP contribution in [0.2, 0.25) is 0 Å². The molecule has 0 fully saturated rings. The quantitative estimate of drug-likeness (QED) is 0.677. The Morgan fingerprint density at radius 3 is 2.57 bits per heavy atom. The van der Waals surface area contributed by atoms with Crippen molar-refractivity contribution in [2.45, 2.75) is 31.9 Å². The predicted octanol–water partition coefficient (Wildman–Crippen LogP) is 0.700. The van der Waals surface area contributed by atoms with Gasteiger partial charge in [-0.25, -0.2) is 4.99 Å². The first-order valence-corrected chi connectivity index (χ1v) is 4.43. The van der Waals surface area contributed by atoms with Crippen LogP contribution in [0.1, 0.15) is 20.8 Å². The Bertz CT molecular complexity index is 306.